The number of aromatic nitrogens is 1. The Balaban J connectivity index is 2.36. The largest absolute Gasteiger partial charge is 0.407 e. The number of rotatable bonds is 3. The van der Waals surface area contributed by atoms with Gasteiger partial charge in [0.2, 0.25) is 11.8 Å². The van der Waals surface area contributed by atoms with Crippen molar-refractivity contribution < 1.29 is 14.3 Å². The van der Waals surface area contributed by atoms with Crippen molar-refractivity contribution in [2.45, 2.75) is 13.8 Å². The zero-order valence-electron chi connectivity index (χ0n) is 10.8. The summed E-state index contributed by atoms with van der Waals surface area (Å²) in [6.07, 6.45) is 0. The third-order valence-electron chi connectivity index (χ3n) is 2.29. The summed E-state index contributed by atoms with van der Waals surface area (Å²) >= 11 is 4.60. The molecule has 1 aromatic heterocycles. The summed E-state index contributed by atoms with van der Waals surface area (Å²) in [5.41, 5.74) is 0.690. The van der Waals surface area contributed by atoms with E-state index in [9.17, 15) is 9.59 Å². The van der Waals surface area contributed by atoms with E-state index in [0.29, 0.717) is 10.8 Å². The van der Waals surface area contributed by atoms with Crippen LogP contribution in [0.1, 0.15) is 13.8 Å². The van der Waals surface area contributed by atoms with Gasteiger partial charge in [0, 0.05) is 18.3 Å². The van der Waals surface area contributed by atoms with E-state index in [2.05, 4.69) is 20.9 Å². The molecule has 0 bridgehead atoms. The molecule has 0 aliphatic carbocycles. The average molecular weight is 355 g/mol. The van der Waals surface area contributed by atoms with Crippen molar-refractivity contribution in [3.63, 3.8) is 0 Å². The van der Waals surface area contributed by atoms with Gasteiger partial charge in [0.25, 0.3) is 0 Å². The molecular formula is C13H11BrN2O3S. The van der Waals surface area contributed by atoms with Crippen molar-refractivity contribution in [1.82, 2.24) is 4.98 Å². The predicted octanol–water partition coefficient (Wildman–Crippen LogP) is 3.52. The Hall–Kier alpha value is -1.73. The van der Waals surface area contributed by atoms with Gasteiger partial charge in [-0.15, -0.1) is 11.3 Å². The molecule has 7 heteroatoms. The van der Waals surface area contributed by atoms with Gasteiger partial charge in [0.05, 0.1) is 11.1 Å². The number of nitrogens with zero attached hydrogens (tertiary/aromatic N) is 2. The number of esters is 1. The number of benzene rings is 1. The number of hydrogen-bond donors (Lipinski definition) is 0. The number of carbonyl (C=O) groups excluding carboxylic acids is 2. The second-order valence-electron chi connectivity index (χ2n) is 3.90. The molecule has 0 radical (unpaired) electrons. The molecule has 0 N–H and O–H groups in total. The van der Waals surface area contributed by atoms with Crippen LogP contribution in [0, 0.1) is 0 Å². The van der Waals surface area contributed by atoms with Crippen LogP contribution in [0.3, 0.4) is 0 Å². The topological polar surface area (TPSA) is 59.5 Å². The summed E-state index contributed by atoms with van der Waals surface area (Å²) in [6, 6.07) is 7.32. The van der Waals surface area contributed by atoms with Crippen molar-refractivity contribution in [3.8, 4) is 5.88 Å². The van der Waals surface area contributed by atoms with Crippen molar-refractivity contribution in [2.75, 3.05) is 4.90 Å². The van der Waals surface area contributed by atoms with Gasteiger partial charge in [-0.3, -0.25) is 14.5 Å². The summed E-state index contributed by atoms with van der Waals surface area (Å²) in [7, 11) is 0. The van der Waals surface area contributed by atoms with E-state index < -0.39 is 5.97 Å². The molecule has 2 aromatic rings. The maximum absolute atomic E-state index is 11.9. The molecule has 1 aromatic carbocycles. The summed E-state index contributed by atoms with van der Waals surface area (Å²) in [6.45, 7) is 2.75. The van der Waals surface area contributed by atoms with Gasteiger partial charge in [-0.2, -0.15) is 4.98 Å². The molecule has 5 nitrogen and oxygen atoms in total. The van der Waals surface area contributed by atoms with Gasteiger partial charge in [-0.05, 0) is 18.2 Å². The average Bonchev–Trinajstić information content (AvgIpc) is 2.76. The fourth-order valence-electron chi connectivity index (χ4n) is 1.59. The van der Waals surface area contributed by atoms with Gasteiger partial charge in [-0.1, -0.05) is 22.0 Å². The molecule has 0 saturated carbocycles. The molecule has 1 amide bonds. The smallest absolute Gasteiger partial charge is 0.309 e. The molecule has 0 unspecified atom stereocenters. The lowest BCUT2D eigenvalue weighted by atomic mass is 10.3. The van der Waals surface area contributed by atoms with Gasteiger partial charge in [-0.25, -0.2) is 0 Å². The molecule has 0 spiro atoms. The van der Waals surface area contributed by atoms with E-state index in [4.69, 9.17) is 4.74 Å². The molecule has 0 atom stereocenters. The van der Waals surface area contributed by atoms with Crippen molar-refractivity contribution >= 4 is 50.0 Å². The second kappa shape index (κ2) is 6.15. The lowest BCUT2D eigenvalue weighted by Gasteiger charge is -2.17. The van der Waals surface area contributed by atoms with E-state index in [-0.39, 0.29) is 11.8 Å². The number of carbonyl (C=O) groups is 2. The summed E-state index contributed by atoms with van der Waals surface area (Å²) < 4.78 is 5.76. The molecule has 20 heavy (non-hydrogen) atoms. The molecule has 0 fully saturated rings. The summed E-state index contributed by atoms with van der Waals surface area (Å²) in [5.74, 6) is -0.427. The van der Waals surface area contributed by atoms with E-state index >= 15 is 0 Å². The standard InChI is InChI=1S/C13H11BrN2O3S/c1-8(17)16(11-5-3-4-10(14)6-11)13-15-12(7-20-13)19-9(2)18/h3-7H,1-2H3. The van der Waals surface area contributed by atoms with Crippen LogP contribution in [0.4, 0.5) is 10.8 Å². The quantitative estimate of drug-likeness (QED) is 0.791. The van der Waals surface area contributed by atoms with Gasteiger partial charge in [0.15, 0.2) is 5.13 Å². The molecule has 0 aliphatic rings. The molecule has 0 saturated heterocycles. The fourth-order valence-corrected chi connectivity index (χ4v) is 2.77. The molecule has 2 rings (SSSR count). The normalized spacial score (nSPS) is 10.2. The first-order valence-electron chi connectivity index (χ1n) is 5.67. The Morgan fingerprint density at radius 2 is 2.10 bits per heavy atom. The molecule has 1 heterocycles. The number of amides is 1. The highest BCUT2D eigenvalue weighted by Crippen LogP contribution is 2.32. The van der Waals surface area contributed by atoms with Crippen molar-refractivity contribution in [3.05, 3.63) is 34.1 Å². The third-order valence-corrected chi connectivity index (χ3v) is 3.59. The number of halogens is 1. The van der Waals surface area contributed by atoms with Gasteiger partial charge < -0.3 is 4.74 Å². The number of thiazole rings is 1. The zero-order valence-corrected chi connectivity index (χ0v) is 13.2. The first-order chi connectivity index (χ1) is 9.47. The van der Waals surface area contributed by atoms with Gasteiger partial charge >= 0.3 is 5.97 Å². The van der Waals surface area contributed by atoms with Crippen LogP contribution < -0.4 is 9.64 Å². The predicted molar refractivity (Wildman–Crippen MR) is 80.4 cm³/mol. The highest BCUT2D eigenvalue weighted by atomic mass is 79.9. The van der Waals surface area contributed by atoms with E-state index in [1.54, 1.807) is 11.4 Å². The Morgan fingerprint density at radius 3 is 2.70 bits per heavy atom. The van der Waals surface area contributed by atoms with Crippen LogP contribution in [-0.2, 0) is 9.59 Å². The monoisotopic (exact) mass is 354 g/mol. The third kappa shape index (κ3) is 3.43. The van der Waals surface area contributed by atoms with Crippen LogP contribution in [0.2, 0.25) is 0 Å². The van der Waals surface area contributed by atoms with Crippen LogP contribution >= 0.6 is 27.3 Å². The Morgan fingerprint density at radius 1 is 1.35 bits per heavy atom. The SMILES string of the molecule is CC(=O)Oc1csc(N(C(C)=O)c2cccc(Br)c2)n1. The minimum atomic E-state index is -0.446. The fraction of sp³-hybridized carbons (Fsp3) is 0.154. The lowest BCUT2D eigenvalue weighted by molar-refractivity contribution is -0.132. The van der Waals surface area contributed by atoms with Crippen molar-refractivity contribution in [2.24, 2.45) is 0 Å². The van der Waals surface area contributed by atoms with Crippen LogP contribution in [0.15, 0.2) is 34.1 Å². The lowest BCUT2D eigenvalue weighted by Crippen LogP contribution is -2.22. The van der Waals surface area contributed by atoms with E-state index in [1.807, 2.05) is 18.2 Å². The van der Waals surface area contributed by atoms with E-state index in [0.717, 1.165) is 4.47 Å². The Bertz CT molecular complexity index is 657. The maximum atomic E-state index is 11.9. The highest BCUT2D eigenvalue weighted by molar-refractivity contribution is 9.10. The minimum Gasteiger partial charge on any atom is -0.407 e. The number of hydrogen-bond acceptors (Lipinski definition) is 5. The minimum absolute atomic E-state index is 0.174. The van der Waals surface area contributed by atoms with E-state index in [1.165, 1.54) is 30.1 Å². The first kappa shape index (κ1) is 14.7. The van der Waals surface area contributed by atoms with Crippen LogP contribution in [-0.4, -0.2) is 16.9 Å². The summed E-state index contributed by atoms with van der Waals surface area (Å²) in [5, 5.41) is 2.04. The van der Waals surface area contributed by atoms with Crippen LogP contribution in [0.5, 0.6) is 5.88 Å². The van der Waals surface area contributed by atoms with Crippen LogP contribution in [0.25, 0.3) is 0 Å². The first-order valence-corrected chi connectivity index (χ1v) is 7.35. The maximum Gasteiger partial charge on any atom is 0.309 e. The zero-order chi connectivity index (χ0) is 14.7. The van der Waals surface area contributed by atoms with Crippen molar-refractivity contribution in [1.29, 1.82) is 0 Å². The Labute approximate surface area is 128 Å². The second-order valence-corrected chi connectivity index (χ2v) is 5.65. The molecule has 104 valence electrons. The number of anilines is 2. The molecule has 0 aliphatic heterocycles. The number of ether oxygens (including phenoxy) is 1. The highest BCUT2D eigenvalue weighted by Gasteiger charge is 2.18. The summed E-state index contributed by atoms with van der Waals surface area (Å²) in [4.78, 5) is 28.4. The van der Waals surface area contributed by atoms with Gasteiger partial charge in [0.1, 0.15) is 0 Å². The molecular weight excluding hydrogens is 344 g/mol. The Kier molecular flexibility index (Phi) is 4.51.